The summed E-state index contributed by atoms with van der Waals surface area (Å²) < 4.78 is 4.57. The molecule has 0 radical (unpaired) electrons. The minimum Gasteiger partial charge on any atom is -0.469 e. The van der Waals surface area contributed by atoms with E-state index in [9.17, 15) is 9.59 Å². The Bertz CT molecular complexity index is 641. The summed E-state index contributed by atoms with van der Waals surface area (Å²) in [5.41, 5.74) is 0.821. The molecule has 0 fully saturated rings. The number of esters is 1. The number of anilines is 1. The van der Waals surface area contributed by atoms with E-state index in [0.29, 0.717) is 5.82 Å². The van der Waals surface area contributed by atoms with Crippen LogP contribution in [0, 0.1) is 5.92 Å². The number of hydrogen-bond donors (Lipinski definition) is 2. The molecular formula is C14H17N5O3. The monoisotopic (exact) mass is 303 g/mol. The van der Waals surface area contributed by atoms with Crippen molar-refractivity contribution in [2.24, 2.45) is 5.92 Å². The SMILES string of the molecule is COC(=O)CC(C)CC(=O)Nc1n[nH]c(-c2ccncc2)n1. The predicted molar refractivity (Wildman–Crippen MR) is 78.7 cm³/mol. The number of aromatic amines is 1. The molecule has 0 spiro atoms. The number of methoxy groups -OCH3 is 1. The Morgan fingerprint density at radius 2 is 2.05 bits per heavy atom. The molecule has 0 bridgehead atoms. The summed E-state index contributed by atoms with van der Waals surface area (Å²) in [7, 11) is 1.32. The first-order valence-electron chi connectivity index (χ1n) is 6.78. The van der Waals surface area contributed by atoms with Gasteiger partial charge in [-0.2, -0.15) is 4.98 Å². The number of carbonyl (C=O) groups excluding carboxylic acids is 2. The lowest BCUT2D eigenvalue weighted by molar-refractivity contribution is -0.141. The number of nitrogens with zero attached hydrogens (tertiary/aromatic N) is 3. The van der Waals surface area contributed by atoms with E-state index in [1.165, 1.54) is 7.11 Å². The fourth-order valence-electron chi connectivity index (χ4n) is 1.89. The van der Waals surface area contributed by atoms with Gasteiger partial charge in [0.15, 0.2) is 5.82 Å². The fourth-order valence-corrected chi connectivity index (χ4v) is 1.89. The van der Waals surface area contributed by atoms with Crippen LogP contribution in [0.3, 0.4) is 0 Å². The molecule has 0 saturated carbocycles. The first kappa shape index (κ1) is 15.6. The molecule has 0 aliphatic carbocycles. The summed E-state index contributed by atoms with van der Waals surface area (Å²) in [6.07, 6.45) is 3.67. The first-order valence-corrected chi connectivity index (χ1v) is 6.78. The van der Waals surface area contributed by atoms with E-state index >= 15 is 0 Å². The molecule has 0 aliphatic heterocycles. The summed E-state index contributed by atoms with van der Waals surface area (Å²) in [4.78, 5) is 31.1. The number of amides is 1. The van der Waals surface area contributed by atoms with Crippen molar-refractivity contribution < 1.29 is 14.3 Å². The normalized spacial score (nSPS) is 11.7. The number of H-pyrrole nitrogens is 1. The second-order valence-electron chi connectivity index (χ2n) is 4.88. The van der Waals surface area contributed by atoms with Gasteiger partial charge < -0.3 is 4.74 Å². The Labute approximate surface area is 127 Å². The van der Waals surface area contributed by atoms with Crippen LogP contribution in [0.25, 0.3) is 11.4 Å². The van der Waals surface area contributed by atoms with E-state index in [0.717, 1.165) is 5.56 Å². The number of ether oxygens (including phenoxy) is 1. The summed E-state index contributed by atoms with van der Waals surface area (Å²) in [6, 6.07) is 3.56. The van der Waals surface area contributed by atoms with Gasteiger partial charge in [0.1, 0.15) is 0 Å². The molecule has 2 rings (SSSR count). The number of nitrogens with one attached hydrogen (secondary N) is 2. The zero-order valence-electron chi connectivity index (χ0n) is 12.4. The lowest BCUT2D eigenvalue weighted by atomic mass is 10.0. The molecule has 1 atom stereocenters. The van der Waals surface area contributed by atoms with Crippen LogP contribution < -0.4 is 5.32 Å². The molecule has 2 N–H and O–H groups in total. The number of aromatic nitrogens is 4. The van der Waals surface area contributed by atoms with Gasteiger partial charge in [-0.15, -0.1) is 5.10 Å². The lowest BCUT2D eigenvalue weighted by Gasteiger charge is -2.08. The highest BCUT2D eigenvalue weighted by Gasteiger charge is 2.15. The smallest absolute Gasteiger partial charge is 0.305 e. The minimum atomic E-state index is -0.335. The van der Waals surface area contributed by atoms with Gasteiger partial charge in [0.05, 0.1) is 7.11 Å². The molecule has 8 nitrogen and oxygen atoms in total. The molecule has 0 saturated heterocycles. The van der Waals surface area contributed by atoms with Gasteiger partial charge in [-0.1, -0.05) is 6.92 Å². The van der Waals surface area contributed by atoms with Crippen LogP contribution in [-0.4, -0.2) is 39.2 Å². The maximum Gasteiger partial charge on any atom is 0.305 e. The fraction of sp³-hybridized carbons (Fsp3) is 0.357. The Morgan fingerprint density at radius 1 is 1.32 bits per heavy atom. The van der Waals surface area contributed by atoms with Crippen LogP contribution in [0.15, 0.2) is 24.5 Å². The van der Waals surface area contributed by atoms with Gasteiger partial charge in [-0.25, -0.2) is 0 Å². The van der Waals surface area contributed by atoms with Crippen molar-refractivity contribution in [1.29, 1.82) is 0 Å². The molecule has 2 heterocycles. The Balaban J connectivity index is 1.90. The van der Waals surface area contributed by atoms with Crippen molar-refractivity contribution in [3.05, 3.63) is 24.5 Å². The van der Waals surface area contributed by atoms with Gasteiger partial charge in [-0.05, 0) is 18.1 Å². The largest absolute Gasteiger partial charge is 0.469 e. The Morgan fingerprint density at radius 3 is 2.73 bits per heavy atom. The maximum absolute atomic E-state index is 11.9. The third kappa shape index (κ3) is 4.37. The average Bonchev–Trinajstić information content (AvgIpc) is 2.96. The van der Waals surface area contributed by atoms with Crippen LogP contribution in [0.4, 0.5) is 5.95 Å². The standard InChI is InChI=1S/C14H17N5O3/c1-9(8-12(21)22-2)7-11(20)16-14-17-13(18-19-14)10-3-5-15-6-4-10/h3-6,9H,7-8H2,1-2H3,(H2,16,17,18,19,20). The molecule has 0 aliphatic rings. The van der Waals surface area contributed by atoms with Gasteiger partial charge in [0.2, 0.25) is 11.9 Å². The van der Waals surface area contributed by atoms with E-state index in [-0.39, 0.29) is 36.6 Å². The van der Waals surface area contributed by atoms with Crippen LogP contribution >= 0.6 is 0 Å². The first-order chi connectivity index (χ1) is 10.6. The van der Waals surface area contributed by atoms with Crippen molar-refractivity contribution in [1.82, 2.24) is 20.2 Å². The summed E-state index contributed by atoms with van der Waals surface area (Å²) >= 11 is 0. The topological polar surface area (TPSA) is 110 Å². The zero-order valence-corrected chi connectivity index (χ0v) is 12.4. The second kappa shape index (κ2) is 7.30. The van der Waals surface area contributed by atoms with Gasteiger partial charge in [0, 0.05) is 30.8 Å². The van der Waals surface area contributed by atoms with E-state index in [1.807, 2.05) is 0 Å². The van der Waals surface area contributed by atoms with E-state index in [4.69, 9.17) is 0 Å². The van der Waals surface area contributed by atoms with E-state index in [1.54, 1.807) is 31.5 Å². The van der Waals surface area contributed by atoms with Crippen LogP contribution in [0.5, 0.6) is 0 Å². The van der Waals surface area contributed by atoms with Crippen molar-refractivity contribution in [2.75, 3.05) is 12.4 Å². The number of carbonyl (C=O) groups is 2. The van der Waals surface area contributed by atoms with Crippen molar-refractivity contribution in [3.8, 4) is 11.4 Å². The third-order valence-corrected chi connectivity index (χ3v) is 2.97. The van der Waals surface area contributed by atoms with E-state index in [2.05, 4.69) is 30.2 Å². The Hall–Kier alpha value is -2.77. The average molecular weight is 303 g/mol. The number of rotatable bonds is 6. The van der Waals surface area contributed by atoms with Crippen molar-refractivity contribution >= 4 is 17.8 Å². The molecule has 1 amide bonds. The molecule has 2 aromatic heterocycles. The van der Waals surface area contributed by atoms with Crippen LogP contribution in [0.1, 0.15) is 19.8 Å². The zero-order chi connectivity index (χ0) is 15.9. The number of hydrogen-bond acceptors (Lipinski definition) is 6. The van der Waals surface area contributed by atoms with Gasteiger partial charge in [0.25, 0.3) is 0 Å². The summed E-state index contributed by atoms with van der Waals surface area (Å²) in [6.45, 7) is 1.80. The quantitative estimate of drug-likeness (QED) is 0.780. The lowest BCUT2D eigenvalue weighted by Crippen LogP contribution is -2.18. The molecule has 116 valence electrons. The van der Waals surface area contributed by atoms with Crippen LogP contribution in [-0.2, 0) is 14.3 Å². The molecule has 0 aromatic carbocycles. The second-order valence-corrected chi connectivity index (χ2v) is 4.88. The highest BCUT2D eigenvalue weighted by Crippen LogP contribution is 2.15. The molecule has 22 heavy (non-hydrogen) atoms. The molecule has 1 unspecified atom stereocenters. The minimum absolute atomic E-state index is 0.119. The molecule has 2 aromatic rings. The van der Waals surface area contributed by atoms with Crippen molar-refractivity contribution in [3.63, 3.8) is 0 Å². The Kier molecular flexibility index (Phi) is 5.18. The highest BCUT2D eigenvalue weighted by atomic mass is 16.5. The predicted octanol–water partition coefficient (Wildman–Crippen LogP) is 1.39. The van der Waals surface area contributed by atoms with E-state index < -0.39 is 0 Å². The van der Waals surface area contributed by atoms with Gasteiger partial charge in [-0.3, -0.25) is 25.0 Å². The van der Waals surface area contributed by atoms with Crippen LogP contribution in [0.2, 0.25) is 0 Å². The summed E-state index contributed by atoms with van der Waals surface area (Å²) in [5.74, 6) is 0.0308. The molecular weight excluding hydrogens is 286 g/mol. The van der Waals surface area contributed by atoms with Crippen molar-refractivity contribution in [2.45, 2.75) is 19.8 Å². The third-order valence-electron chi connectivity index (χ3n) is 2.97. The highest BCUT2D eigenvalue weighted by molar-refractivity contribution is 5.89. The van der Waals surface area contributed by atoms with Gasteiger partial charge >= 0.3 is 5.97 Å². The number of pyridine rings is 1. The molecule has 8 heteroatoms. The summed E-state index contributed by atoms with van der Waals surface area (Å²) in [5, 5.41) is 9.28. The maximum atomic E-state index is 11.9.